The highest BCUT2D eigenvalue weighted by atomic mass is 19.4. The van der Waals surface area contributed by atoms with Gasteiger partial charge in [-0.1, -0.05) is 31.4 Å². The van der Waals surface area contributed by atoms with Crippen LogP contribution in [-0.4, -0.2) is 54.2 Å². The molecule has 2 unspecified atom stereocenters. The van der Waals surface area contributed by atoms with E-state index in [1.165, 1.54) is 50.7 Å². The minimum atomic E-state index is -4.40. The lowest BCUT2D eigenvalue weighted by molar-refractivity contribution is -0.139. The molecular formula is C25H37F3N2O. The number of aliphatic hydroxyl groups is 1. The molecule has 3 nitrogen and oxygen atoms in total. The lowest BCUT2D eigenvalue weighted by atomic mass is 9.64. The van der Waals surface area contributed by atoms with Crippen LogP contribution in [0.4, 0.5) is 13.2 Å². The minimum absolute atomic E-state index is 0.0300. The van der Waals surface area contributed by atoms with E-state index in [0.29, 0.717) is 5.56 Å². The summed E-state index contributed by atoms with van der Waals surface area (Å²) in [5.74, 6) is -0.0600. The van der Waals surface area contributed by atoms with Crippen molar-refractivity contribution in [2.24, 2.45) is 11.8 Å². The summed E-state index contributed by atoms with van der Waals surface area (Å²) in [4.78, 5) is 4.85. The Labute approximate surface area is 184 Å². The smallest absolute Gasteiger partial charge is 0.384 e. The number of benzene rings is 1. The summed E-state index contributed by atoms with van der Waals surface area (Å²) < 4.78 is 40.5. The summed E-state index contributed by atoms with van der Waals surface area (Å²) in [5, 5.41) is 12.3. The van der Waals surface area contributed by atoms with Crippen molar-refractivity contribution in [1.82, 2.24) is 9.80 Å². The standard InChI is InChI=1S/C25H37F3N2O/c26-25(27,28)21-10-7-9-20(17-21)24(31)22(18-29-13-3-1-4-14-29)11-8-12-23(24)19-30-15-5-2-6-16-30/h7,9-10,17,22-23,31H,1-6,8,11-16,18-19H2. The lowest BCUT2D eigenvalue weighted by Gasteiger charge is -2.50. The van der Waals surface area contributed by atoms with Crippen LogP contribution in [0.2, 0.25) is 0 Å². The van der Waals surface area contributed by atoms with Gasteiger partial charge in [-0.25, -0.2) is 0 Å². The fraction of sp³-hybridized carbons (Fsp3) is 0.760. The van der Waals surface area contributed by atoms with Crippen molar-refractivity contribution in [3.63, 3.8) is 0 Å². The van der Waals surface area contributed by atoms with Crippen molar-refractivity contribution in [2.45, 2.75) is 69.6 Å². The average Bonchev–Trinajstić information content (AvgIpc) is 2.77. The van der Waals surface area contributed by atoms with Crippen molar-refractivity contribution in [3.05, 3.63) is 35.4 Å². The number of alkyl halides is 3. The van der Waals surface area contributed by atoms with Crippen molar-refractivity contribution in [2.75, 3.05) is 39.3 Å². The predicted octanol–water partition coefficient (Wildman–Crippen LogP) is 5.28. The van der Waals surface area contributed by atoms with Crippen LogP contribution in [0.5, 0.6) is 0 Å². The summed E-state index contributed by atoms with van der Waals surface area (Å²) in [7, 11) is 0. The van der Waals surface area contributed by atoms with E-state index in [-0.39, 0.29) is 11.8 Å². The third-order valence-electron chi connectivity index (χ3n) is 7.86. The summed E-state index contributed by atoms with van der Waals surface area (Å²) in [6.07, 6.45) is 5.58. The Bertz CT molecular complexity index is 683. The second-order valence-electron chi connectivity index (χ2n) is 9.95. The van der Waals surface area contributed by atoms with Crippen LogP contribution in [0.25, 0.3) is 0 Å². The molecule has 4 rings (SSSR count). The largest absolute Gasteiger partial charge is 0.416 e. The molecule has 2 aliphatic heterocycles. The predicted molar refractivity (Wildman–Crippen MR) is 117 cm³/mol. The fourth-order valence-electron chi connectivity index (χ4n) is 6.17. The first-order chi connectivity index (χ1) is 14.9. The molecule has 1 N–H and O–H groups in total. The molecule has 1 aliphatic carbocycles. The Kier molecular flexibility index (Phi) is 7.29. The monoisotopic (exact) mass is 438 g/mol. The Balaban J connectivity index is 1.65. The highest BCUT2D eigenvalue weighted by molar-refractivity contribution is 5.32. The topological polar surface area (TPSA) is 26.7 Å². The van der Waals surface area contributed by atoms with Crippen molar-refractivity contribution >= 4 is 0 Å². The first-order valence-electron chi connectivity index (χ1n) is 12.2. The van der Waals surface area contributed by atoms with Gasteiger partial charge in [0.25, 0.3) is 0 Å². The van der Waals surface area contributed by atoms with Gasteiger partial charge in [0.05, 0.1) is 11.2 Å². The van der Waals surface area contributed by atoms with E-state index in [0.717, 1.165) is 64.6 Å². The van der Waals surface area contributed by atoms with Crippen molar-refractivity contribution in [1.29, 1.82) is 0 Å². The van der Waals surface area contributed by atoms with E-state index < -0.39 is 17.3 Å². The number of nitrogens with zero attached hydrogens (tertiary/aromatic N) is 2. The second kappa shape index (κ2) is 9.80. The van der Waals surface area contributed by atoms with E-state index in [2.05, 4.69) is 9.80 Å². The van der Waals surface area contributed by atoms with E-state index >= 15 is 0 Å². The zero-order valence-electron chi connectivity index (χ0n) is 18.5. The third kappa shape index (κ3) is 5.28. The highest BCUT2D eigenvalue weighted by Crippen LogP contribution is 2.47. The summed E-state index contributed by atoms with van der Waals surface area (Å²) in [6.45, 7) is 5.70. The molecule has 6 heteroatoms. The van der Waals surface area contributed by atoms with Gasteiger partial charge in [0.15, 0.2) is 0 Å². The maximum absolute atomic E-state index is 13.5. The number of hydrogen-bond acceptors (Lipinski definition) is 3. The number of likely N-dealkylation sites (tertiary alicyclic amines) is 2. The third-order valence-corrected chi connectivity index (χ3v) is 7.86. The molecule has 2 atom stereocenters. The molecule has 0 aromatic heterocycles. The summed E-state index contributed by atoms with van der Waals surface area (Å²) in [6, 6.07) is 5.54. The van der Waals surface area contributed by atoms with Gasteiger partial charge in [0.2, 0.25) is 0 Å². The van der Waals surface area contributed by atoms with Gasteiger partial charge in [-0.15, -0.1) is 0 Å². The van der Waals surface area contributed by atoms with E-state index in [4.69, 9.17) is 0 Å². The molecule has 0 bridgehead atoms. The summed E-state index contributed by atoms with van der Waals surface area (Å²) >= 11 is 0. The first kappa shape index (κ1) is 23.1. The molecule has 1 saturated carbocycles. The highest BCUT2D eigenvalue weighted by Gasteiger charge is 2.49. The number of piperidine rings is 2. The van der Waals surface area contributed by atoms with Crippen LogP contribution in [0, 0.1) is 11.8 Å². The van der Waals surface area contributed by atoms with Gasteiger partial charge in [0, 0.05) is 24.9 Å². The summed E-state index contributed by atoms with van der Waals surface area (Å²) in [5.41, 5.74) is -1.41. The average molecular weight is 439 g/mol. The number of rotatable bonds is 5. The fourth-order valence-corrected chi connectivity index (χ4v) is 6.17. The van der Waals surface area contributed by atoms with Gasteiger partial charge in [-0.3, -0.25) is 0 Å². The minimum Gasteiger partial charge on any atom is -0.384 e. The maximum atomic E-state index is 13.5. The maximum Gasteiger partial charge on any atom is 0.416 e. The molecular weight excluding hydrogens is 401 g/mol. The Hall–Kier alpha value is -1.11. The van der Waals surface area contributed by atoms with Crippen LogP contribution >= 0.6 is 0 Å². The molecule has 1 aromatic carbocycles. The van der Waals surface area contributed by atoms with E-state index in [1.54, 1.807) is 6.07 Å². The van der Waals surface area contributed by atoms with Crippen LogP contribution in [0.1, 0.15) is 68.9 Å². The normalized spacial score (nSPS) is 31.6. The van der Waals surface area contributed by atoms with Crippen LogP contribution in [0.15, 0.2) is 24.3 Å². The molecule has 0 radical (unpaired) electrons. The molecule has 1 aromatic rings. The van der Waals surface area contributed by atoms with Crippen LogP contribution in [-0.2, 0) is 11.8 Å². The van der Waals surface area contributed by atoms with Gasteiger partial charge in [0.1, 0.15) is 0 Å². The molecule has 3 fully saturated rings. The van der Waals surface area contributed by atoms with Crippen LogP contribution in [0.3, 0.4) is 0 Å². The number of hydrogen-bond donors (Lipinski definition) is 1. The van der Waals surface area contributed by atoms with E-state index in [9.17, 15) is 18.3 Å². The zero-order valence-corrected chi connectivity index (χ0v) is 18.5. The van der Waals surface area contributed by atoms with Crippen molar-refractivity contribution < 1.29 is 18.3 Å². The lowest BCUT2D eigenvalue weighted by Crippen LogP contribution is -2.53. The number of halogens is 3. The SMILES string of the molecule is OC1(c2cccc(C(F)(F)F)c2)C(CN2CCCCC2)CCCC1CN1CCCCC1. The van der Waals surface area contributed by atoms with Gasteiger partial charge in [-0.05, 0) is 82.4 Å². The molecule has 31 heavy (non-hydrogen) atoms. The second-order valence-corrected chi connectivity index (χ2v) is 9.95. The molecule has 2 saturated heterocycles. The Morgan fingerprint density at radius 2 is 1.32 bits per heavy atom. The molecule has 0 spiro atoms. The Morgan fingerprint density at radius 3 is 1.81 bits per heavy atom. The van der Waals surface area contributed by atoms with E-state index in [1.807, 2.05) is 0 Å². The molecule has 0 amide bonds. The van der Waals surface area contributed by atoms with Gasteiger partial charge in [-0.2, -0.15) is 13.2 Å². The quantitative estimate of drug-likeness (QED) is 0.678. The molecule has 174 valence electrons. The molecule has 2 heterocycles. The van der Waals surface area contributed by atoms with Gasteiger partial charge >= 0.3 is 6.18 Å². The van der Waals surface area contributed by atoms with Crippen molar-refractivity contribution in [3.8, 4) is 0 Å². The zero-order chi connectivity index (χ0) is 21.9. The Morgan fingerprint density at radius 1 is 0.806 bits per heavy atom. The first-order valence-corrected chi connectivity index (χ1v) is 12.2. The van der Waals surface area contributed by atoms with Gasteiger partial charge < -0.3 is 14.9 Å². The molecule has 3 aliphatic rings. The van der Waals surface area contributed by atoms with Crippen LogP contribution < -0.4 is 0 Å².